The highest BCUT2D eigenvalue weighted by Gasteiger charge is 2.35. The number of carboxylic acid groups (broad SMARTS) is 2. The van der Waals surface area contributed by atoms with E-state index < -0.39 is 23.6 Å². The number of likely N-dealkylation sites (tertiary alicyclic amines) is 1. The van der Waals surface area contributed by atoms with Gasteiger partial charge in [0.05, 0.1) is 11.1 Å². The number of carbonyl (C=O) groups is 3. The lowest BCUT2D eigenvalue weighted by atomic mass is 9.89. The summed E-state index contributed by atoms with van der Waals surface area (Å²) >= 11 is 0. The third-order valence-electron chi connectivity index (χ3n) is 3.51. The van der Waals surface area contributed by atoms with Gasteiger partial charge in [0.2, 0.25) is 0 Å². The zero-order chi connectivity index (χ0) is 17.4. The summed E-state index contributed by atoms with van der Waals surface area (Å²) in [7, 11) is 0. The van der Waals surface area contributed by atoms with Crippen LogP contribution in [0.3, 0.4) is 0 Å². The first-order chi connectivity index (χ1) is 10.6. The second kappa shape index (κ2) is 5.91. The van der Waals surface area contributed by atoms with Crippen molar-refractivity contribution in [1.29, 1.82) is 0 Å². The molecule has 7 nitrogen and oxygen atoms in total. The van der Waals surface area contributed by atoms with Gasteiger partial charge >= 0.3 is 18.0 Å². The first kappa shape index (κ1) is 16.8. The Bertz CT molecular complexity index is 655. The number of ether oxygens (including phenoxy) is 1. The number of amides is 1. The molecule has 124 valence electrons. The molecule has 23 heavy (non-hydrogen) atoms. The first-order valence-corrected chi connectivity index (χ1v) is 7.17. The van der Waals surface area contributed by atoms with Crippen LogP contribution in [0.25, 0.3) is 0 Å². The van der Waals surface area contributed by atoms with E-state index in [9.17, 15) is 14.4 Å². The van der Waals surface area contributed by atoms with Crippen LogP contribution in [-0.4, -0.2) is 51.8 Å². The van der Waals surface area contributed by atoms with Crippen molar-refractivity contribution >= 4 is 18.0 Å². The van der Waals surface area contributed by atoms with Gasteiger partial charge in [-0.05, 0) is 38.5 Å². The van der Waals surface area contributed by atoms with Crippen molar-refractivity contribution in [3.63, 3.8) is 0 Å². The summed E-state index contributed by atoms with van der Waals surface area (Å²) in [5, 5.41) is 18.1. The minimum atomic E-state index is -1.28. The molecule has 0 atom stereocenters. The van der Waals surface area contributed by atoms with Gasteiger partial charge in [0.1, 0.15) is 5.60 Å². The highest BCUT2D eigenvalue weighted by Crippen LogP contribution is 2.29. The SMILES string of the molecule is CC(C)(C)OC(=O)N1CC(c2ccc(C(=O)O)c(C(=O)O)c2)C1. The third-order valence-corrected chi connectivity index (χ3v) is 3.51. The lowest BCUT2D eigenvalue weighted by molar-refractivity contribution is 0.00814. The van der Waals surface area contributed by atoms with Gasteiger partial charge < -0.3 is 19.8 Å². The topological polar surface area (TPSA) is 104 Å². The Labute approximate surface area is 133 Å². The van der Waals surface area contributed by atoms with E-state index in [0.717, 1.165) is 0 Å². The Morgan fingerprint density at radius 3 is 2.13 bits per heavy atom. The Balaban J connectivity index is 2.08. The van der Waals surface area contributed by atoms with Gasteiger partial charge in [0.15, 0.2) is 0 Å². The highest BCUT2D eigenvalue weighted by atomic mass is 16.6. The molecule has 1 aromatic rings. The Hall–Kier alpha value is -2.57. The molecule has 0 spiro atoms. The molecule has 0 aliphatic carbocycles. The van der Waals surface area contributed by atoms with E-state index in [2.05, 4.69) is 0 Å². The molecule has 0 unspecified atom stereocenters. The summed E-state index contributed by atoms with van der Waals surface area (Å²) in [5.74, 6) is -2.59. The van der Waals surface area contributed by atoms with E-state index >= 15 is 0 Å². The number of rotatable bonds is 3. The molecule has 1 aliphatic rings. The molecular weight excluding hydrogens is 302 g/mol. The van der Waals surface area contributed by atoms with Gasteiger partial charge in [-0.2, -0.15) is 0 Å². The molecular formula is C16H19NO6. The van der Waals surface area contributed by atoms with Crippen LogP contribution in [0.15, 0.2) is 18.2 Å². The molecule has 1 fully saturated rings. The largest absolute Gasteiger partial charge is 0.478 e. The maximum atomic E-state index is 11.9. The number of aromatic carboxylic acids is 2. The van der Waals surface area contributed by atoms with Gasteiger partial charge in [-0.25, -0.2) is 14.4 Å². The standard InChI is InChI=1S/C16H19NO6/c1-16(2,3)23-15(22)17-7-10(8-17)9-4-5-11(13(18)19)12(6-9)14(20)21/h4-6,10H,7-8H2,1-3H3,(H,18,19)(H,20,21). The second-order valence-electron chi connectivity index (χ2n) is 6.50. The molecule has 0 bridgehead atoms. The summed E-state index contributed by atoms with van der Waals surface area (Å²) in [6.45, 7) is 6.19. The van der Waals surface area contributed by atoms with Gasteiger partial charge in [0.25, 0.3) is 0 Å². The molecule has 7 heteroatoms. The first-order valence-electron chi connectivity index (χ1n) is 7.17. The molecule has 0 radical (unpaired) electrons. The van der Waals surface area contributed by atoms with E-state index in [-0.39, 0.29) is 17.0 Å². The van der Waals surface area contributed by atoms with Crippen LogP contribution in [0.5, 0.6) is 0 Å². The summed E-state index contributed by atoms with van der Waals surface area (Å²) in [6.07, 6.45) is -0.408. The maximum Gasteiger partial charge on any atom is 0.410 e. The van der Waals surface area contributed by atoms with Crippen molar-refractivity contribution in [2.24, 2.45) is 0 Å². The number of nitrogens with zero attached hydrogens (tertiary/aromatic N) is 1. The number of carbonyl (C=O) groups excluding carboxylic acids is 1. The van der Waals surface area contributed by atoms with E-state index in [1.807, 2.05) is 0 Å². The predicted octanol–water partition coefficient (Wildman–Crippen LogP) is 2.42. The highest BCUT2D eigenvalue weighted by molar-refractivity contribution is 6.01. The van der Waals surface area contributed by atoms with Crippen molar-refractivity contribution in [1.82, 2.24) is 4.90 Å². The fourth-order valence-corrected chi connectivity index (χ4v) is 2.34. The average molecular weight is 321 g/mol. The zero-order valence-corrected chi connectivity index (χ0v) is 13.2. The maximum absolute atomic E-state index is 11.9. The lowest BCUT2D eigenvalue weighted by Crippen LogP contribution is -2.50. The van der Waals surface area contributed by atoms with Crippen LogP contribution in [0, 0.1) is 0 Å². The second-order valence-corrected chi connectivity index (χ2v) is 6.50. The molecule has 0 aromatic heterocycles. The molecule has 2 N–H and O–H groups in total. The van der Waals surface area contributed by atoms with Crippen LogP contribution in [0.4, 0.5) is 4.79 Å². The fraction of sp³-hybridized carbons (Fsp3) is 0.438. The van der Waals surface area contributed by atoms with Crippen LogP contribution in [0.2, 0.25) is 0 Å². The van der Waals surface area contributed by atoms with Crippen molar-refractivity contribution in [2.75, 3.05) is 13.1 Å². The van der Waals surface area contributed by atoms with Crippen LogP contribution in [0.1, 0.15) is 53.0 Å². The quantitative estimate of drug-likeness (QED) is 0.886. The predicted molar refractivity (Wildman–Crippen MR) is 80.9 cm³/mol. The normalized spacial score (nSPS) is 15.0. The Kier molecular flexibility index (Phi) is 4.31. The number of hydrogen-bond donors (Lipinski definition) is 2. The molecule has 2 rings (SSSR count). The molecule has 0 saturated carbocycles. The van der Waals surface area contributed by atoms with Crippen LogP contribution in [-0.2, 0) is 4.74 Å². The van der Waals surface area contributed by atoms with E-state index in [1.165, 1.54) is 17.0 Å². The van der Waals surface area contributed by atoms with Gasteiger partial charge in [0, 0.05) is 19.0 Å². The van der Waals surface area contributed by atoms with Crippen molar-refractivity contribution < 1.29 is 29.3 Å². The molecule has 1 saturated heterocycles. The van der Waals surface area contributed by atoms with Crippen LogP contribution >= 0.6 is 0 Å². The van der Waals surface area contributed by atoms with E-state index in [1.54, 1.807) is 26.8 Å². The summed E-state index contributed by atoms with van der Waals surface area (Å²) < 4.78 is 5.25. The molecule has 1 aliphatic heterocycles. The van der Waals surface area contributed by atoms with E-state index in [0.29, 0.717) is 18.7 Å². The minimum Gasteiger partial charge on any atom is -0.478 e. The van der Waals surface area contributed by atoms with Gasteiger partial charge in [-0.15, -0.1) is 0 Å². The summed E-state index contributed by atoms with van der Waals surface area (Å²) in [6, 6.07) is 4.24. The number of hydrogen-bond acceptors (Lipinski definition) is 4. The average Bonchev–Trinajstić information content (AvgIpc) is 2.34. The molecule has 1 aromatic carbocycles. The van der Waals surface area contributed by atoms with Crippen molar-refractivity contribution in [2.45, 2.75) is 32.3 Å². The van der Waals surface area contributed by atoms with E-state index in [4.69, 9.17) is 14.9 Å². The lowest BCUT2D eigenvalue weighted by Gasteiger charge is -2.40. The van der Waals surface area contributed by atoms with Crippen molar-refractivity contribution in [3.8, 4) is 0 Å². The Morgan fingerprint density at radius 1 is 1.09 bits per heavy atom. The fourth-order valence-electron chi connectivity index (χ4n) is 2.34. The number of benzene rings is 1. The van der Waals surface area contributed by atoms with Gasteiger partial charge in [-0.1, -0.05) is 6.07 Å². The Morgan fingerprint density at radius 2 is 1.65 bits per heavy atom. The molecule has 1 amide bonds. The molecule has 1 heterocycles. The third kappa shape index (κ3) is 3.80. The monoisotopic (exact) mass is 321 g/mol. The summed E-state index contributed by atoms with van der Waals surface area (Å²) in [5.41, 5.74) is -0.357. The van der Waals surface area contributed by atoms with Gasteiger partial charge in [-0.3, -0.25) is 0 Å². The minimum absolute atomic E-state index is 0.0246. The smallest absolute Gasteiger partial charge is 0.410 e. The van der Waals surface area contributed by atoms with Crippen molar-refractivity contribution in [3.05, 3.63) is 34.9 Å². The zero-order valence-electron chi connectivity index (χ0n) is 13.2. The van der Waals surface area contributed by atoms with Crippen LogP contribution < -0.4 is 0 Å². The summed E-state index contributed by atoms with van der Waals surface area (Å²) in [4.78, 5) is 35.6. The number of carboxylic acids is 2.